The lowest BCUT2D eigenvalue weighted by atomic mass is 9.57. The number of nitrogens with one attached hydrogen (secondary N) is 1. The van der Waals surface area contributed by atoms with Crippen molar-refractivity contribution in [3.8, 4) is 11.3 Å². The summed E-state index contributed by atoms with van der Waals surface area (Å²) in [4.78, 5) is 47.5. The van der Waals surface area contributed by atoms with Crippen LogP contribution in [0.3, 0.4) is 0 Å². The first-order chi connectivity index (χ1) is 17.7. The minimum Gasteiger partial charge on any atom is -0.364 e. The standard InChI is InChI=1S/C27H29N7O3/c1-3-16-9-10-30-20(11-16)31-26(37)18-7-5-17(6-8-18)22-23(24(28)36)34(29)25(32-22)19-12-27(13-19)14-33(15-27)21(35)4-2/h4-11,19H,2-3,12-15,29H2,1H3,(H2,28,36)(H,30,31,37). The highest BCUT2D eigenvalue weighted by Gasteiger charge is 2.54. The summed E-state index contributed by atoms with van der Waals surface area (Å²) in [6.45, 7) is 6.95. The van der Waals surface area contributed by atoms with E-state index in [1.165, 1.54) is 10.8 Å². The summed E-state index contributed by atoms with van der Waals surface area (Å²) < 4.78 is 1.29. The minimum absolute atomic E-state index is 0.0597. The molecule has 10 heteroatoms. The van der Waals surface area contributed by atoms with Gasteiger partial charge in [-0.2, -0.15) is 0 Å². The summed E-state index contributed by atoms with van der Waals surface area (Å²) in [5.41, 5.74) is 8.37. The molecular formula is C27H29N7O3. The maximum atomic E-state index is 12.7. The molecule has 5 N–H and O–H groups in total. The number of pyridine rings is 1. The number of amides is 3. The van der Waals surface area contributed by atoms with E-state index in [1.54, 1.807) is 35.4 Å². The average molecular weight is 500 g/mol. The lowest BCUT2D eigenvalue weighted by molar-refractivity contribution is -0.146. The van der Waals surface area contributed by atoms with Gasteiger partial charge >= 0.3 is 0 Å². The van der Waals surface area contributed by atoms with Crippen LogP contribution < -0.4 is 16.9 Å². The van der Waals surface area contributed by atoms with E-state index in [4.69, 9.17) is 16.6 Å². The van der Waals surface area contributed by atoms with Crippen molar-refractivity contribution in [2.45, 2.75) is 32.1 Å². The first-order valence-electron chi connectivity index (χ1n) is 12.2. The van der Waals surface area contributed by atoms with Crippen molar-refractivity contribution in [1.29, 1.82) is 0 Å². The molecule has 37 heavy (non-hydrogen) atoms. The molecule has 5 rings (SSSR count). The zero-order valence-electron chi connectivity index (χ0n) is 20.6. The molecule has 3 aromatic rings. The van der Waals surface area contributed by atoms with E-state index in [9.17, 15) is 14.4 Å². The summed E-state index contributed by atoms with van der Waals surface area (Å²) >= 11 is 0. The number of carbonyl (C=O) groups is 3. The largest absolute Gasteiger partial charge is 0.364 e. The van der Waals surface area contributed by atoms with Gasteiger partial charge < -0.3 is 21.8 Å². The fourth-order valence-electron chi connectivity index (χ4n) is 5.38. The summed E-state index contributed by atoms with van der Waals surface area (Å²) in [5, 5.41) is 2.80. The maximum Gasteiger partial charge on any atom is 0.269 e. The van der Waals surface area contributed by atoms with Crippen molar-refractivity contribution in [3.63, 3.8) is 0 Å². The number of aryl methyl sites for hydroxylation is 1. The predicted molar refractivity (Wildman–Crippen MR) is 139 cm³/mol. The highest BCUT2D eigenvalue weighted by atomic mass is 16.2. The molecule has 0 unspecified atom stereocenters. The zero-order valence-corrected chi connectivity index (χ0v) is 20.6. The van der Waals surface area contributed by atoms with Crippen LogP contribution in [0.1, 0.15) is 57.9 Å². The van der Waals surface area contributed by atoms with E-state index >= 15 is 0 Å². The van der Waals surface area contributed by atoms with Crippen LogP contribution in [-0.4, -0.2) is 50.4 Å². The third-order valence-electron chi connectivity index (χ3n) is 7.33. The number of imidazole rings is 1. The van der Waals surface area contributed by atoms with Gasteiger partial charge in [-0.15, -0.1) is 0 Å². The molecule has 3 heterocycles. The van der Waals surface area contributed by atoms with Crippen molar-refractivity contribution in [2.24, 2.45) is 11.1 Å². The van der Waals surface area contributed by atoms with Crippen molar-refractivity contribution in [1.82, 2.24) is 19.5 Å². The second kappa shape index (κ2) is 9.20. The predicted octanol–water partition coefficient (Wildman–Crippen LogP) is 2.46. The van der Waals surface area contributed by atoms with Crippen LogP contribution >= 0.6 is 0 Å². The summed E-state index contributed by atoms with van der Waals surface area (Å²) in [6, 6.07) is 10.5. The van der Waals surface area contributed by atoms with Crippen LogP contribution in [0.25, 0.3) is 11.3 Å². The van der Waals surface area contributed by atoms with E-state index < -0.39 is 5.91 Å². The Morgan fingerprint density at radius 3 is 2.51 bits per heavy atom. The van der Waals surface area contributed by atoms with Crippen molar-refractivity contribution in [2.75, 3.05) is 24.2 Å². The molecule has 1 aliphatic carbocycles. The van der Waals surface area contributed by atoms with E-state index in [1.807, 2.05) is 19.1 Å². The number of likely N-dealkylation sites (tertiary alicyclic amines) is 1. The normalized spacial score (nSPS) is 16.1. The number of anilines is 1. The van der Waals surface area contributed by atoms with Crippen LogP contribution in [0.4, 0.5) is 5.82 Å². The molecule has 2 aromatic heterocycles. The summed E-state index contributed by atoms with van der Waals surface area (Å²) in [5.74, 6) is 6.39. The number of carbonyl (C=O) groups excluding carboxylic acids is 3. The monoisotopic (exact) mass is 499 g/mol. The van der Waals surface area contributed by atoms with Gasteiger partial charge in [-0.25, -0.2) is 14.6 Å². The quantitative estimate of drug-likeness (QED) is 0.336. The number of primary amides is 1. The molecule has 190 valence electrons. The molecule has 2 fully saturated rings. The number of hydrogen-bond donors (Lipinski definition) is 3. The Hall–Kier alpha value is -4.47. The second-order valence-electron chi connectivity index (χ2n) is 9.84. The van der Waals surface area contributed by atoms with Gasteiger partial charge in [0.1, 0.15) is 17.3 Å². The molecular weight excluding hydrogens is 470 g/mol. The Balaban J connectivity index is 1.32. The van der Waals surface area contributed by atoms with Gasteiger partial charge in [0.2, 0.25) is 5.91 Å². The summed E-state index contributed by atoms with van der Waals surface area (Å²) in [6.07, 6.45) is 5.48. The van der Waals surface area contributed by atoms with E-state index in [0.29, 0.717) is 41.6 Å². The van der Waals surface area contributed by atoms with Gasteiger partial charge in [-0.3, -0.25) is 14.4 Å². The van der Waals surface area contributed by atoms with Gasteiger partial charge in [-0.1, -0.05) is 25.6 Å². The van der Waals surface area contributed by atoms with Gasteiger partial charge in [0, 0.05) is 41.7 Å². The zero-order chi connectivity index (χ0) is 26.3. The van der Waals surface area contributed by atoms with Crippen LogP contribution in [0.5, 0.6) is 0 Å². The Labute approximate surface area is 214 Å². The molecule has 0 bridgehead atoms. The third-order valence-corrected chi connectivity index (χ3v) is 7.33. The van der Waals surface area contributed by atoms with Crippen molar-refractivity contribution >= 4 is 23.5 Å². The molecule has 1 aliphatic heterocycles. The second-order valence-corrected chi connectivity index (χ2v) is 9.84. The molecule has 0 radical (unpaired) electrons. The number of benzene rings is 1. The van der Waals surface area contributed by atoms with Gasteiger partial charge in [0.15, 0.2) is 5.69 Å². The first kappa shape index (κ1) is 24.2. The number of rotatable bonds is 7. The molecule has 1 saturated heterocycles. The lowest BCUT2D eigenvalue weighted by Gasteiger charge is -2.58. The van der Waals surface area contributed by atoms with Crippen LogP contribution in [-0.2, 0) is 11.2 Å². The Morgan fingerprint density at radius 2 is 1.89 bits per heavy atom. The van der Waals surface area contributed by atoms with Crippen LogP contribution in [0.15, 0.2) is 55.3 Å². The Bertz CT molecular complexity index is 1400. The number of aromatic nitrogens is 3. The van der Waals surface area contributed by atoms with E-state index in [-0.39, 0.29) is 28.8 Å². The highest BCUT2D eigenvalue weighted by Crippen LogP contribution is 2.56. The molecule has 3 amide bonds. The fraction of sp³-hybridized carbons (Fsp3) is 0.296. The molecule has 1 saturated carbocycles. The van der Waals surface area contributed by atoms with Crippen molar-refractivity contribution in [3.05, 3.63) is 77.9 Å². The van der Waals surface area contributed by atoms with Crippen LogP contribution in [0.2, 0.25) is 0 Å². The number of nitrogens with two attached hydrogens (primary N) is 2. The topological polar surface area (TPSA) is 149 Å². The number of nitrogen functional groups attached to an aromatic ring is 1. The van der Waals surface area contributed by atoms with Gasteiger partial charge in [-0.05, 0) is 55.2 Å². The lowest BCUT2D eigenvalue weighted by Crippen LogP contribution is -2.63. The number of hydrogen-bond acceptors (Lipinski definition) is 6. The van der Waals surface area contributed by atoms with Crippen molar-refractivity contribution < 1.29 is 14.4 Å². The first-order valence-corrected chi connectivity index (χ1v) is 12.2. The Kier molecular flexibility index (Phi) is 6.02. The molecule has 1 spiro atoms. The Morgan fingerprint density at radius 1 is 1.19 bits per heavy atom. The van der Waals surface area contributed by atoms with Crippen LogP contribution in [0, 0.1) is 5.41 Å². The molecule has 0 atom stereocenters. The minimum atomic E-state index is -0.680. The molecule has 2 aliphatic rings. The summed E-state index contributed by atoms with van der Waals surface area (Å²) in [7, 11) is 0. The van der Waals surface area contributed by atoms with Gasteiger partial charge in [0.05, 0.1) is 0 Å². The molecule has 1 aromatic carbocycles. The third kappa shape index (κ3) is 4.35. The SMILES string of the molecule is C=CC(=O)N1CC2(CC(c3nc(-c4ccc(C(=O)Nc5cc(CC)ccn5)cc4)c(C(N)=O)n3N)C2)C1. The van der Waals surface area contributed by atoms with E-state index in [0.717, 1.165) is 24.8 Å². The maximum absolute atomic E-state index is 12.7. The highest BCUT2D eigenvalue weighted by molar-refractivity contribution is 6.04. The molecule has 10 nitrogen and oxygen atoms in total. The van der Waals surface area contributed by atoms with Gasteiger partial charge in [0.25, 0.3) is 11.8 Å². The smallest absolute Gasteiger partial charge is 0.269 e. The number of nitrogens with zero attached hydrogens (tertiary/aromatic N) is 4. The average Bonchev–Trinajstić information content (AvgIpc) is 3.19. The van der Waals surface area contributed by atoms with E-state index in [2.05, 4.69) is 16.9 Å². The fourth-order valence-corrected chi connectivity index (χ4v) is 5.38.